The smallest absolute Gasteiger partial charge is 0.147 e. The number of hydrogen-bond donors (Lipinski definition) is 0. The molecule has 180 valence electrons. The molecule has 0 aromatic heterocycles. The van der Waals surface area contributed by atoms with Crippen LogP contribution in [0.1, 0.15) is 77.1 Å². The van der Waals surface area contributed by atoms with Crippen molar-refractivity contribution in [2.24, 2.45) is 0 Å². The Bertz CT molecular complexity index is 1230. The van der Waals surface area contributed by atoms with Crippen molar-refractivity contribution in [1.29, 1.82) is 0 Å². The van der Waals surface area contributed by atoms with Crippen LogP contribution in [0.3, 0.4) is 0 Å². The van der Waals surface area contributed by atoms with Gasteiger partial charge in [0.2, 0.25) is 0 Å². The minimum absolute atomic E-state index is 0. The van der Waals surface area contributed by atoms with E-state index in [4.69, 9.17) is 0 Å². The fourth-order valence-corrected chi connectivity index (χ4v) is 23.0. The minimum Gasteiger partial charge on any atom is -0.147 e. The Morgan fingerprint density at radius 2 is 1.45 bits per heavy atom. The summed E-state index contributed by atoms with van der Waals surface area (Å²) < 4.78 is 8.95. The maximum Gasteiger partial charge on any atom is -0.147 e. The first kappa shape index (κ1) is 28.8. The minimum atomic E-state index is -3.38. The van der Waals surface area contributed by atoms with Gasteiger partial charge in [0.1, 0.15) is 0 Å². The first-order valence-corrected chi connectivity index (χ1v) is 25.1. The van der Waals surface area contributed by atoms with Crippen molar-refractivity contribution >= 4 is 35.0 Å². The average Bonchev–Trinajstić information content (AvgIpc) is 3.22. The molecule has 2 aromatic rings. The second-order valence-corrected chi connectivity index (χ2v) is 41.5. The molecule has 33 heavy (non-hydrogen) atoms. The maximum absolute atomic E-state index is 3.38. The molecule has 0 atom stereocenters. The standard InChI is InChI=1S/C21H25.C6H7.2CH3.2ClH.H2Si.Zr/c1-20(2,3)16-7-9-18-14(12-16)11-15-13-17(21(4,5)6)8-10-19(15)18;1-6-4-2-3-5-6;;;;;;/h7-10,12H,11H2,1-6H3;2,4H,3H2,1H3;2*1H3;2*1H;1H2;. The van der Waals surface area contributed by atoms with Gasteiger partial charge in [0.05, 0.1) is 0 Å². The topological polar surface area (TPSA) is 0 Å². The molecule has 2 aliphatic carbocycles. The van der Waals surface area contributed by atoms with Crippen LogP contribution in [0.2, 0.25) is 9.26 Å². The van der Waals surface area contributed by atoms with E-state index in [0.717, 1.165) is 12.8 Å². The van der Waals surface area contributed by atoms with Crippen LogP contribution >= 0.6 is 24.8 Å². The molecular weight excluding hydrogens is 539 g/mol. The van der Waals surface area contributed by atoms with Crippen LogP contribution < -0.4 is 3.27 Å². The Hall–Kier alpha value is -0.400. The van der Waals surface area contributed by atoms with Crippen LogP contribution in [0.15, 0.2) is 51.3 Å². The van der Waals surface area contributed by atoms with Gasteiger partial charge >= 0.3 is 194 Å². The monoisotopic (exact) mass is 578 g/mol. The summed E-state index contributed by atoms with van der Waals surface area (Å²) in [6, 6.07) is 12.2. The maximum atomic E-state index is 2.69. The molecule has 4 heteroatoms. The van der Waals surface area contributed by atoms with Gasteiger partial charge in [0, 0.05) is 0 Å². The first-order valence-electron chi connectivity index (χ1n) is 11.8. The van der Waals surface area contributed by atoms with Crippen molar-refractivity contribution in [2.75, 3.05) is 0 Å². The third kappa shape index (κ3) is 4.84. The predicted molar refractivity (Wildman–Crippen MR) is 153 cm³/mol. The molecular formula is C29H42Cl2SiZr. The second kappa shape index (κ2) is 8.92. The number of allylic oxidation sites excluding steroid dienone is 4. The first-order chi connectivity index (χ1) is 14.1. The fourth-order valence-electron chi connectivity index (χ4n) is 6.01. The van der Waals surface area contributed by atoms with Gasteiger partial charge < -0.3 is 0 Å². The Morgan fingerprint density at radius 1 is 0.848 bits per heavy atom. The Morgan fingerprint density at radius 3 is 1.97 bits per heavy atom. The number of fused-ring (bicyclic) bond motifs is 3. The third-order valence-electron chi connectivity index (χ3n) is 7.69. The van der Waals surface area contributed by atoms with E-state index in [9.17, 15) is 0 Å². The van der Waals surface area contributed by atoms with E-state index >= 15 is 0 Å². The SMILES string of the molecule is CC1=[C]([Zr]([CH3])([CH3])(=[SiH2])[c]2c(C(C)(C)C)ccc3c2Cc2cc(C(C)(C)C)ccc2-3)CC=C1.Cl.Cl. The predicted octanol–water partition coefficient (Wildman–Crippen LogP) is 7.89. The Labute approximate surface area is 217 Å². The quantitative estimate of drug-likeness (QED) is 0.271. The van der Waals surface area contributed by atoms with Crippen LogP contribution in [-0.2, 0) is 34.6 Å². The summed E-state index contributed by atoms with van der Waals surface area (Å²) in [6.45, 7) is 18.9. The molecule has 2 aliphatic rings. The van der Waals surface area contributed by atoms with E-state index in [0.29, 0.717) is 0 Å². The van der Waals surface area contributed by atoms with Gasteiger partial charge in [-0.3, -0.25) is 0 Å². The van der Waals surface area contributed by atoms with E-state index < -0.39 is 17.4 Å². The van der Waals surface area contributed by atoms with Crippen molar-refractivity contribution in [2.45, 2.75) is 81.4 Å². The van der Waals surface area contributed by atoms with E-state index in [-0.39, 0.29) is 35.6 Å². The van der Waals surface area contributed by atoms with Crippen molar-refractivity contribution in [3.8, 4) is 11.1 Å². The summed E-state index contributed by atoms with van der Waals surface area (Å²) in [5, 5.41) is 0. The summed E-state index contributed by atoms with van der Waals surface area (Å²) >= 11 is -3.38. The summed E-state index contributed by atoms with van der Waals surface area (Å²) in [7, 11) is 0. The van der Waals surface area contributed by atoms with Crippen LogP contribution in [0, 0.1) is 0 Å². The molecule has 0 fully saturated rings. The molecule has 0 aliphatic heterocycles. The molecule has 0 amide bonds. The molecule has 0 N–H and O–H groups in total. The zero-order valence-electron chi connectivity index (χ0n) is 22.0. The number of halogens is 2. The summed E-state index contributed by atoms with van der Waals surface area (Å²) in [5.41, 5.74) is 11.1. The van der Waals surface area contributed by atoms with E-state index in [1.54, 1.807) is 17.7 Å². The normalized spacial score (nSPS) is 15.7. The van der Waals surface area contributed by atoms with Crippen LogP contribution in [-0.4, -0.2) is 6.88 Å². The van der Waals surface area contributed by atoms with Crippen molar-refractivity contribution in [3.63, 3.8) is 0 Å². The Kier molecular flexibility index (Phi) is 7.79. The van der Waals surface area contributed by atoms with Crippen LogP contribution in [0.4, 0.5) is 0 Å². The molecule has 0 heterocycles. The molecule has 0 radical (unpaired) electrons. The molecule has 0 spiro atoms. The van der Waals surface area contributed by atoms with E-state index in [2.05, 4.69) is 107 Å². The van der Waals surface area contributed by atoms with Crippen molar-refractivity contribution in [3.05, 3.63) is 73.6 Å². The average molecular weight is 581 g/mol. The molecule has 2 aromatic carbocycles. The van der Waals surface area contributed by atoms with E-state index in [1.807, 2.05) is 0 Å². The van der Waals surface area contributed by atoms with Gasteiger partial charge in [-0.25, -0.2) is 0 Å². The van der Waals surface area contributed by atoms with Gasteiger partial charge in [0.15, 0.2) is 0 Å². The van der Waals surface area contributed by atoms with Crippen molar-refractivity contribution < 1.29 is 17.4 Å². The molecule has 0 saturated heterocycles. The fraction of sp³-hybridized carbons (Fsp3) is 0.448. The summed E-state index contributed by atoms with van der Waals surface area (Å²) in [4.78, 5) is 0. The Balaban J connectivity index is 0.00000193. The zero-order valence-corrected chi connectivity index (χ0v) is 27.5. The second-order valence-electron chi connectivity index (χ2n) is 13.0. The van der Waals surface area contributed by atoms with Gasteiger partial charge in [-0.05, 0) is 0 Å². The molecule has 0 unspecified atom stereocenters. The van der Waals surface area contributed by atoms with Gasteiger partial charge in [-0.1, -0.05) is 0 Å². The van der Waals surface area contributed by atoms with Crippen LogP contribution in [0.5, 0.6) is 0 Å². The molecule has 0 saturated carbocycles. The van der Waals surface area contributed by atoms with E-state index in [1.165, 1.54) is 27.8 Å². The molecule has 0 bridgehead atoms. The molecule has 4 rings (SSSR count). The van der Waals surface area contributed by atoms with Gasteiger partial charge in [0.25, 0.3) is 0 Å². The van der Waals surface area contributed by atoms with Gasteiger partial charge in [-0.2, -0.15) is 0 Å². The van der Waals surface area contributed by atoms with Crippen LogP contribution in [0.25, 0.3) is 11.1 Å². The zero-order chi connectivity index (χ0) is 23.0. The van der Waals surface area contributed by atoms with Crippen molar-refractivity contribution in [1.82, 2.24) is 0 Å². The number of hydrogen-bond acceptors (Lipinski definition) is 0. The van der Waals surface area contributed by atoms with Gasteiger partial charge in [-0.15, -0.1) is 24.8 Å². The number of benzene rings is 2. The molecule has 0 nitrogen and oxygen atoms in total. The largest absolute Gasteiger partial charge is 0.147 e. The summed E-state index contributed by atoms with van der Waals surface area (Å²) in [5.74, 6) is 0. The third-order valence-corrected chi connectivity index (χ3v) is 23.9. The number of rotatable bonds is 2. The summed E-state index contributed by atoms with van der Waals surface area (Å²) in [6.07, 6.45) is 7.01.